The molecule has 0 aliphatic rings. The molecule has 0 bridgehead atoms. The van der Waals surface area contributed by atoms with Gasteiger partial charge in [-0.1, -0.05) is 4.85 Å². The molecule has 0 aliphatic heterocycles. The molecule has 0 atom stereocenters. The molecule has 0 radical (unpaired) electrons. The number of aliphatic imine (C=N–C) groups is 1. The Hall–Kier alpha value is -2.32. The third-order valence-corrected chi connectivity index (χ3v) is 0.888. The van der Waals surface area contributed by atoms with E-state index < -0.39 is 5.09 Å². The van der Waals surface area contributed by atoms with Crippen LogP contribution in [0.4, 0.5) is 0 Å². The van der Waals surface area contributed by atoms with Crippen molar-refractivity contribution in [3.8, 4) is 0 Å². The zero-order valence-corrected chi connectivity index (χ0v) is 7.27. The summed E-state index contributed by atoms with van der Waals surface area (Å²) in [6, 6.07) is 1.81. The van der Waals surface area contributed by atoms with Gasteiger partial charge in [-0.2, -0.15) is 0 Å². The molecule has 0 aliphatic carbocycles. The summed E-state index contributed by atoms with van der Waals surface area (Å²) in [6.45, 7) is 0. The van der Waals surface area contributed by atoms with Gasteiger partial charge in [0, 0.05) is 7.05 Å². The fourth-order valence-electron chi connectivity index (χ4n) is 0.445. The summed E-state index contributed by atoms with van der Waals surface area (Å²) in [4.78, 5) is 18.0. The van der Waals surface area contributed by atoms with Crippen LogP contribution < -0.4 is 10.6 Å². The van der Waals surface area contributed by atoms with Crippen LogP contribution in [0.1, 0.15) is 0 Å². The summed E-state index contributed by atoms with van der Waals surface area (Å²) >= 11 is 0. The van der Waals surface area contributed by atoms with Crippen LogP contribution in [0.5, 0.6) is 0 Å². The van der Waals surface area contributed by atoms with Gasteiger partial charge in [0.05, 0.1) is 12.4 Å². The van der Waals surface area contributed by atoms with E-state index in [0.29, 0.717) is 0 Å². The van der Waals surface area contributed by atoms with Crippen LogP contribution in [0.25, 0.3) is 0 Å². The van der Waals surface area contributed by atoms with Crippen molar-refractivity contribution >= 4 is 6.02 Å². The van der Waals surface area contributed by atoms with Gasteiger partial charge in [0.25, 0.3) is 5.09 Å². The molecule has 3 N–H and O–H groups in total. The van der Waals surface area contributed by atoms with Crippen LogP contribution in [-0.2, 0) is 0 Å². The first kappa shape index (κ1) is 11.7. The van der Waals surface area contributed by atoms with E-state index in [9.17, 15) is 0 Å². The van der Waals surface area contributed by atoms with Crippen molar-refractivity contribution in [3.63, 3.8) is 0 Å². The minimum atomic E-state index is -1.50. The Morgan fingerprint density at radius 1 is 1.86 bits per heavy atom. The Balaban J connectivity index is 0.000000364. The topological polar surface area (TPSA) is 129 Å². The number of nitrogens with two attached hydrogens (primary N) is 1. The second kappa shape index (κ2) is 6.22. The zero-order valence-electron chi connectivity index (χ0n) is 7.27. The molecule has 1 aromatic rings. The van der Waals surface area contributed by atoms with Crippen molar-refractivity contribution in [2.24, 2.45) is 10.7 Å². The molecule has 0 saturated carbocycles. The Kier molecular flexibility index (Phi) is 5.19. The van der Waals surface area contributed by atoms with Crippen LogP contribution in [-0.4, -0.2) is 33.3 Å². The molecular weight excluding hydrogens is 194 g/mol. The summed E-state index contributed by atoms with van der Waals surface area (Å²) in [5.74, 6) is 0. The Bertz CT molecular complexity index is 291. The highest BCUT2D eigenvalue weighted by Gasteiger charge is 1.91. The molecule has 0 saturated heterocycles. The van der Waals surface area contributed by atoms with Crippen LogP contribution in [0, 0.1) is 10.1 Å². The van der Waals surface area contributed by atoms with Crippen molar-refractivity contribution in [3.05, 3.63) is 28.6 Å². The van der Waals surface area contributed by atoms with Gasteiger partial charge >= 0.3 is 6.02 Å². The van der Waals surface area contributed by atoms with Crippen molar-refractivity contribution in [1.82, 2.24) is 9.94 Å². The number of rotatable bonds is 1. The monoisotopic (exact) mass is 203 g/mol. The van der Waals surface area contributed by atoms with Crippen molar-refractivity contribution in [1.29, 1.82) is 0 Å². The summed E-state index contributed by atoms with van der Waals surface area (Å²) < 4.78 is 0. The highest BCUT2D eigenvalue weighted by atomic mass is 16.9. The Morgan fingerprint density at radius 2 is 2.43 bits per heavy atom. The highest BCUT2D eigenvalue weighted by molar-refractivity contribution is 5.71. The van der Waals surface area contributed by atoms with Crippen LogP contribution in [0.2, 0.25) is 0 Å². The molecule has 0 spiro atoms. The molecule has 0 amide bonds. The minimum absolute atomic E-state index is 0.0868. The lowest BCUT2D eigenvalue weighted by Gasteiger charge is -1.99. The highest BCUT2D eigenvalue weighted by Crippen LogP contribution is 1.77. The lowest BCUT2D eigenvalue weighted by molar-refractivity contribution is -0.742. The molecule has 0 unspecified atom stereocenters. The first-order valence-corrected chi connectivity index (χ1v) is 3.29. The SMILES string of the molecule is CN=C(N)On1cccn1.O=[N+]([O-])O. The molecule has 9 heteroatoms. The largest absolute Gasteiger partial charge is 0.352 e. The number of amidine groups is 1. The minimum Gasteiger partial charge on any atom is -0.352 e. The van der Waals surface area contributed by atoms with Gasteiger partial charge in [-0.25, -0.2) is 4.99 Å². The van der Waals surface area contributed by atoms with E-state index in [1.54, 1.807) is 25.5 Å². The predicted octanol–water partition coefficient (Wildman–Crippen LogP) is -1.09. The van der Waals surface area contributed by atoms with Crippen LogP contribution in [0.3, 0.4) is 0 Å². The second-order valence-corrected chi connectivity index (χ2v) is 1.80. The second-order valence-electron chi connectivity index (χ2n) is 1.80. The maximum absolute atomic E-state index is 8.36. The molecular formula is C5H9N5O4. The molecule has 1 rings (SSSR count). The lowest BCUT2D eigenvalue weighted by Crippen LogP contribution is -2.27. The van der Waals surface area contributed by atoms with Gasteiger partial charge in [0.15, 0.2) is 0 Å². The number of hydrogen-bond acceptors (Lipinski definition) is 5. The van der Waals surface area contributed by atoms with Crippen LogP contribution in [0.15, 0.2) is 23.5 Å². The number of aromatic nitrogens is 2. The Labute approximate surface area is 78.5 Å². The maximum Gasteiger partial charge on any atom is 0.311 e. The average Bonchev–Trinajstić information content (AvgIpc) is 2.55. The van der Waals surface area contributed by atoms with Gasteiger partial charge in [-0.3, -0.25) is 0 Å². The first-order chi connectivity index (χ1) is 6.56. The van der Waals surface area contributed by atoms with Gasteiger partial charge < -0.3 is 15.8 Å². The van der Waals surface area contributed by atoms with E-state index in [2.05, 4.69) is 10.1 Å². The van der Waals surface area contributed by atoms with Gasteiger partial charge in [-0.15, -0.1) is 15.2 Å². The maximum atomic E-state index is 8.36. The predicted molar refractivity (Wildman–Crippen MR) is 45.1 cm³/mol. The third kappa shape index (κ3) is 6.39. The van der Waals surface area contributed by atoms with Crippen LogP contribution >= 0.6 is 0 Å². The normalized spacial score (nSPS) is 9.93. The fraction of sp³-hybridized carbons (Fsp3) is 0.200. The average molecular weight is 203 g/mol. The molecule has 9 nitrogen and oxygen atoms in total. The van der Waals surface area contributed by atoms with E-state index in [4.69, 9.17) is 25.9 Å². The fourth-order valence-corrected chi connectivity index (χ4v) is 0.445. The smallest absolute Gasteiger partial charge is 0.311 e. The first-order valence-electron chi connectivity index (χ1n) is 3.29. The quantitative estimate of drug-likeness (QED) is 0.258. The summed E-state index contributed by atoms with van der Waals surface area (Å²) in [5, 5.41) is 17.4. The summed E-state index contributed by atoms with van der Waals surface area (Å²) in [6.07, 6.45) is 3.21. The molecule has 14 heavy (non-hydrogen) atoms. The standard InChI is InChI=1S/C5H8N4O.HNO3/c1-7-5(6)10-9-4-2-3-8-9;2-1(3)4/h2-4H,1H3,(H2,6,7);(H,2,3,4). The van der Waals surface area contributed by atoms with E-state index in [1.807, 2.05) is 0 Å². The van der Waals surface area contributed by atoms with Gasteiger partial charge in [-0.05, 0) is 6.07 Å². The number of nitrogens with zero attached hydrogens (tertiary/aromatic N) is 4. The van der Waals surface area contributed by atoms with Crippen molar-refractivity contribution in [2.45, 2.75) is 0 Å². The van der Waals surface area contributed by atoms with E-state index in [-0.39, 0.29) is 6.02 Å². The molecule has 0 aromatic carbocycles. The third-order valence-electron chi connectivity index (χ3n) is 0.888. The summed E-state index contributed by atoms with van der Waals surface area (Å²) in [5.41, 5.74) is 5.23. The Morgan fingerprint density at radius 3 is 2.79 bits per heavy atom. The van der Waals surface area contributed by atoms with E-state index in [1.165, 1.54) is 4.85 Å². The molecule has 0 fully saturated rings. The molecule has 1 aromatic heterocycles. The van der Waals surface area contributed by atoms with E-state index >= 15 is 0 Å². The molecule has 78 valence electrons. The van der Waals surface area contributed by atoms with E-state index in [0.717, 1.165) is 0 Å². The summed E-state index contributed by atoms with van der Waals surface area (Å²) in [7, 11) is 1.54. The number of hydrogen-bond donors (Lipinski definition) is 2. The molecule has 1 heterocycles. The zero-order chi connectivity index (χ0) is 11.0. The van der Waals surface area contributed by atoms with Gasteiger partial charge in [0.1, 0.15) is 0 Å². The van der Waals surface area contributed by atoms with Gasteiger partial charge in [0.2, 0.25) is 0 Å². The van der Waals surface area contributed by atoms with Crippen molar-refractivity contribution in [2.75, 3.05) is 7.05 Å². The lowest BCUT2D eigenvalue weighted by atomic mass is 10.8. The van der Waals surface area contributed by atoms with Crippen molar-refractivity contribution < 1.29 is 15.1 Å².